The summed E-state index contributed by atoms with van der Waals surface area (Å²) in [6.07, 6.45) is 0.702. The summed E-state index contributed by atoms with van der Waals surface area (Å²) >= 11 is 0. The highest BCUT2D eigenvalue weighted by molar-refractivity contribution is 7.94. The summed E-state index contributed by atoms with van der Waals surface area (Å²) in [4.78, 5) is 0. The van der Waals surface area contributed by atoms with E-state index in [1.54, 1.807) is 13.8 Å². The third-order valence-electron chi connectivity index (χ3n) is 1.09. The summed E-state index contributed by atoms with van der Waals surface area (Å²) in [5.74, 6) is 0.287. The molecule has 0 aromatic heterocycles. The SMILES string of the molecule is CCCS(=O)(=O)[C](C)C. The van der Waals surface area contributed by atoms with Crippen molar-refractivity contribution in [3.8, 4) is 0 Å². The predicted octanol–water partition coefficient (Wildman–Crippen LogP) is 1.38. The van der Waals surface area contributed by atoms with Crippen LogP contribution in [0.25, 0.3) is 0 Å². The van der Waals surface area contributed by atoms with Crippen molar-refractivity contribution in [1.29, 1.82) is 0 Å². The smallest absolute Gasteiger partial charge is 0.156 e. The summed E-state index contributed by atoms with van der Waals surface area (Å²) in [7, 11) is -2.83. The van der Waals surface area contributed by atoms with E-state index < -0.39 is 9.84 Å². The first-order valence-corrected chi connectivity index (χ1v) is 4.69. The zero-order valence-corrected chi connectivity index (χ0v) is 6.96. The molecule has 0 aromatic rings. The van der Waals surface area contributed by atoms with Crippen LogP contribution in [0, 0.1) is 5.25 Å². The van der Waals surface area contributed by atoms with Gasteiger partial charge in [-0.05, 0) is 20.3 Å². The molecular weight excluding hydrogens is 136 g/mol. The standard InChI is InChI=1S/C6H13O2S/c1-4-5-9(7,8)6(2)3/h4-5H2,1-3H3. The first-order chi connectivity index (χ1) is 4.00. The molecule has 0 unspecified atom stereocenters. The monoisotopic (exact) mass is 149 g/mol. The van der Waals surface area contributed by atoms with Crippen LogP contribution in [-0.4, -0.2) is 14.2 Å². The molecule has 0 atom stereocenters. The zero-order valence-electron chi connectivity index (χ0n) is 6.14. The second kappa shape index (κ2) is 3.20. The quantitative estimate of drug-likeness (QED) is 0.607. The van der Waals surface area contributed by atoms with Crippen LogP contribution in [0.3, 0.4) is 0 Å². The predicted molar refractivity (Wildman–Crippen MR) is 38.7 cm³/mol. The maximum Gasteiger partial charge on any atom is 0.156 e. The van der Waals surface area contributed by atoms with Gasteiger partial charge in [-0.25, -0.2) is 8.42 Å². The Morgan fingerprint density at radius 3 is 1.89 bits per heavy atom. The van der Waals surface area contributed by atoms with Crippen molar-refractivity contribution in [3.05, 3.63) is 5.25 Å². The van der Waals surface area contributed by atoms with Gasteiger partial charge in [0, 0.05) is 0 Å². The third kappa shape index (κ3) is 2.84. The van der Waals surface area contributed by atoms with Crippen LogP contribution in [0.15, 0.2) is 0 Å². The van der Waals surface area contributed by atoms with Gasteiger partial charge < -0.3 is 0 Å². The van der Waals surface area contributed by atoms with Crippen LogP contribution in [0.4, 0.5) is 0 Å². The molecule has 0 aliphatic heterocycles. The fraction of sp³-hybridized carbons (Fsp3) is 0.833. The van der Waals surface area contributed by atoms with E-state index in [-0.39, 0.29) is 5.75 Å². The van der Waals surface area contributed by atoms with Crippen molar-refractivity contribution in [2.75, 3.05) is 5.75 Å². The van der Waals surface area contributed by atoms with Gasteiger partial charge in [0.05, 0.1) is 11.0 Å². The van der Waals surface area contributed by atoms with Gasteiger partial charge in [0.1, 0.15) is 0 Å². The Morgan fingerprint density at radius 2 is 1.78 bits per heavy atom. The van der Waals surface area contributed by atoms with E-state index in [0.29, 0.717) is 11.7 Å². The minimum Gasteiger partial charge on any atom is -0.228 e. The summed E-state index contributed by atoms with van der Waals surface area (Å²) < 4.78 is 21.8. The molecule has 0 fully saturated rings. The van der Waals surface area contributed by atoms with Gasteiger partial charge in [-0.1, -0.05) is 6.92 Å². The Bertz CT molecular complexity index is 156. The second-order valence-corrected chi connectivity index (χ2v) is 4.68. The minimum atomic E-state index is -2.83. The van der Waals surface area contributed by atoms with Crippen LogP contribution < -0.4 is 0 Å². The van der Waals surface area contributed by atoms with E-state index in [0.717, 1.165) is 0 Å². The lowest BCUT2D eigenvalue weighted by atomic mass is 10.6. The molecular formula is C6H13O2S. The average Bonchev–Trinajstić information content (AvgIpc) is 1.65. The lowest BCUT2D eigenvalue weighted by Gasteiger charge is -2.02. The first kappa shape index (κ1) is 8.95. The van der Waals surface area contributed by atoms with Crippen LogP contribution >= 0.6 is 0 Å². The summed E-state index contributed by atoms with van der Waals surface area (Å²) in [6.45, 7) is 5.12. The Hall–Kier alpha value is -0.0500. The molecule has 0 N–H and O–H groups in total. The van der Waals surface area contributed by atoms with Gasteiger partial charge >= 0.3 is 0 Å². The van der Waals surface area contributed by atoms with Crippen LogP contribution in [0.5, 0.6) is 0 Å². The molecule has 0 amide bonds. The lowest BCUT2D eigenvalue weighted by Crippen LogP contribution is -2.10. The molecule has 0 heterocycles. The second-order valence-electron chi connectivity index (χ2n) is 2.23. The summed E-state index contributed by atoms with van der Waals surface area (Å²) in [6, 6.07) is 0. The Labute approximate surface area is 57.2 Å². The van der Waals surface area contributed by atoms with Gasteiger partial charge in [-0.2, -0.15) is 0 Å². The van der Waals surface area contributed by atoms with Gasteiger partial charge in [-0.3, -0.25) is 0 Å². The fourth-order valence-electron chi connectivity index (χ4n) is 0.473. The van der Waals surface area contributed by atoms with Crippen molar-refractivity contribution < 1.29 is 8.42 Å². The maximum atomic E-state index is 10.9. The van der Waals surface area contributed by atoms with Crippen molar-refractivity contribution in [3.63, 3.8) is 0 Å². The van der Waals surface area contributed by atoms with Crippen LogP contribution in [-0.2, 0) is 9.84 Å². The molecule has 0 aromatic carbocycles. The molecule has 3 heteroatoms. The molecule has 55 valence electrons. The maximum absolute atomic E-state index is 10.9. The van der Waals surface area contributed by atoms with E-state index in [2.05, 4.69) is 0 Å². The van der Waals surface area contributed by atoms with Gasteiger partial charge in [-0.15, -0.1) is 0 Å². The molecule has 0 aliphatic carbocycles. The van der Waals surface area contributed by atoms with Gasteiger partial charge in [0.25, 0.3) is 0 Å². The van der Waals surface area contributed by atoms with Crippen molar-refractivity contribution in [1.82, 2.24) is 0 Å². The molecule has 0 saturated heterocycles. The molecule has 0 spiro atoms. The lowest BCUT2D eigenvalue weighted by molar-refractivity contribution is 0.595. The fourth-order valence-corrected chi connectivity index (χ4v) is 1.42. The number of hydrogen-bond donors (Lipinski definition) is 0. The van der Waals surface area contributed by atoms with Gasteiger partial charge in [0.15, 0.2) is 9.84 Å². The highest BCUT2D eigenvalue weighted by Gasteiger charge is 2.14. The zero-order chi connectivity index (χ0) is 7.49. The van der Waals surface area contributed by atoms with E-state index in [1.807, 2.05) is 6.92 Å². The highest BCUT2D eigenvalue weighted by Crippen LogP contribution is 2.08. The summed E-state index contributed by atoms with van der Waals surface area (Å²) in [5, 5.41) is 0.518. The molecule has 0 rings (SSSR count). The topological polar surface area (TPSA) is 34.1 Å². The van der Waals surface area contributed by atoms with Crippen molar-refractivity contribution in [2.45, 2.75) is 27.2 Å². The largest absolute Gasteiger partial charge is 0.228 e. The van der Waals surface area contributed by atoms with Crippen molar-refractivity contribution >= 4 is 9.84 Å². The van der Waals surface area contributed by atoms with E-state index in [9.17, 15) is 8.42 Å². The summed E-state index contributed by atoms with van der Waals surface area (Å²) in [5.41, 5.74) is 0. The molecule has 0 saturated carbocycles. The molecule has 2 nitrogen and oxygen atoms in total. The van der Waals surface area contributed by atoms with E-state index in [4.69, 9.17) is 0 Å². The van der Waals surface area contributed by atoms with Crippen molar-refractivity contribution in [2.24, 2.45) is 0 Å². The Kier molecular flexibility index (Phi) is 3.18. The number of rotatable bonds is 3. The molecule has 0 bridgehead atoms. The average molecular weight is 149 g/mol. The van der Waals surface area contributed by atoms with Crippen LogP contribution in [0.2, 0.25) is 0 Å². The molecule has 0 aliphatic rings. The molecule has 9 heavy (non-hydrogen) atoms. The highest BCUT2D eigenvalue weighted by atomic mass is 32.2. The van der Waals surface area contributed by atoms with Gasteiger partial charge in [0.2, 0.25) is 0 Å². The third-order valence-corrected chi connectivity index (χ3v) is 3.28. The first-order valence-electron chi connectivity index (χ1n) is 3.03. The number of sulfone groups is 1. The van der Waals surface area contributed by atoms with E-state index >= 15 is 0 Å². The van der Waals surface area contributed by atoms with E-state index in [1.165, 1.54) is 0 Å². The normalized spacial score (nSPS) is 12.4. The Balaban J connectivity index is 4.05. The minimum absolute atomic E-state index is 0.287. The number of hydrogen-bond acceptors (Lipinski definition) is 2. The van der Waals surface area contributed by atoms with Crippen LogP contribution in [0.1, 0.15) is 27.2 Å². The molecule has 1 radical (unpaired) electrons. The Morgan fingerprint density at radius 1 is 1.33 bits per heavy atom.